The molecular weight excluding hydrogens is 366 g/mol. The highest BCUT2D eigenvalue weighted by molar-refractivity contribution is 7.90. The maximum Gasteiger partial charge on any atom is 0.324 e. The van der Waals surface area contributed by atoms with E-state index in [1.807, 2.05) is 6.92 Å². The molecule has 0 spiro atoms. The van der Waals surface area contributed by atoms with Crippen LogP contribution in [0.4, 0.5) is 6.01 Å². The van der Waals surface area contributed by atoms with Gasteiger partial charge in [-0.15, -0.1) is 0 Å². The van der Waals surface area contributed by atoms with Gasteiger partial charge in [-0.05, 0) is 55.9 Å². The van der Waals surface area contributed by atoms with Crippen molar-refractivity contribution in [3.05, 3.63) is 30.1 Å². The molecule has 0 N–H and O–H groups in total. The van der Waals surface area contributed by atoms with E-state index in [-0.39, 0.29) is 0 Å². The van der Waals surface area contributed by atoms with Gasteiger partial charge in [0.05, 0.1) is 11.5 Å². The van der Waals surface area contributed by atoms with E-state index in [4.69, 9.17) is 9.26 Å². The molecule has 2 heterocycles. The molecule has 27 heavy (non-hydrogen) atoms. The van der Waals surface area contributed by atoms with Crippen molar-refractivity contribution in [3.8, 4) is 5.75 Å². The van der Waals surface area contributed by atoms with Crippen LogP contribution in [0.15, 0.2) is 33.7 Å². The number of anilines is 1. The minimum Gasteiger partial charge on any atom is -0.494 e. The van der Waals surface area contributed by atoms with E-state index in [1.54, 1.807) is 24.3 Å². The number of sulfone groups is 1. The summed E-state index contributed by atoms with van der Waals surface area (Å²) in [6.07, 6.45) is 6.34. The van der Waals surface area contributed by atoms with Gasteiger partial charge in [0.25, 0.3) is 0 Å². The van der Waals surface area contributed by atoms with Crippen LogP contribution in [0, 0.1) is 5.92 Å². The standard InChI is InChI=1S/C19H27N3O4S/c1-3-18-20-19(26-21-18)22-12-10-15(11-13-22)5-4-14-25-16-6-8-17(9-7-16)27(2,23)24/h6-9,15H,3-5,10-14H2,1-2H3. The Kier molecular flexibility index (Phi) is 6.36. The van der Waals surface area contributed by atoms with Gasteiger partial charge in [-0.1, -0.05) is 12.1 Å². The highest BCUT2D eigenvalue weighted by Crippen LogP contribution is 2.25. The minimum absolute atomic E-state index is 0.314. The van der Waals surface area contributed by atoms with E-state index in [1.165, 1.54) is 6.26 Å². The zero-order valence-electron chi connectivity index (χ0n) is 15.9. The van der Waals surface area contributed by atoms with Crippen LogP contribution < -0.4 is 9.64 Å². The molecule has 0 aliphatic carbocycles. The molecule has 1 fully saturated rings. The van der Waals surface area contributed by atoms with Gasteiger partial charge in [0.15, 0.2) is 15.7 Å². The maximum atomic E-state index is 11.5. The average molecular weight is 394 g/mol. The zero-order chi connectivity index (χ0) is 19.3. The number of rotatable bonds is 8. The topological polar surface area (TPSA) is 85.5 Å². The van der Waals surface area contributed by atoms with Crippen molar-refractivity contribution in [2.45, 2.75) is 43.9 Å². The van der Waals surface area contributed by atoms with Crippen LogP contribution in [-0.4, -0.2) is 44.5 Å². The van der Waals surface area contributed by atoms with E-state index in [2.05, 4.69) is 15.0 Å². The third-order valence-corrected chi connectivity index (χ3v) is 6.06. The lowest BCUT2D eigenvalue weighted by Gasteiger charge is -2.30. The molecule has 1 aromatic heterocycles. The van der Waals surface area contributed by atoms with E-state index in [0.29, 0.717) is 29.2 Å². The first-order valence-electron chi connectivity index (χ1n) is 9.46. The Labute approximate surface area is 160 Å². The predicted octanol–water partition coefficient (Wildman–Crippen LogP) is 3.11. The molecule has 148 valence electrons. The molecule has 1 aliphatic heterocycles. The number of piperidine rings is 1. The molecule has 1 saturated heterocycles. The fourth-order valence-corrected chi connectivity index (χ4v) is 3.91. The lowest BCUT2D eigenvalue weighted by molar-refractivity contribution is 0.276. The molecule has 7 nitrogen and oxygen atoms in total. The molecule has 2 aromatic rings. The Bertz CT molecular complexity index is 825. The van der Waals surface area contributed by atoms with Crippen molar-refractivity contribution in [2.75, 3.05) is 30.9 Å². The number of benzene rings is 1. The molecule has 0 bridgehead atoms. The quantitative estimate of drug-likeness (QED) is 0.637. The first-order valence-corrected chi connectivity index (χ1v) is 11.4. The largest absolute Gasteiger partial charge is 0.494 e. The summed E-state index contributed by atoms with van der Waals surface area (Å²) in [5.74, 6) is 2.15. The predicted molar refractivity (Wildman–Crippen MR) is 103 cm³/mol. The lowest BCUT2D eigenvalue weighted by atomic mass is 9.92. The van der Waals surface area contributed by atoms with E-state index >= 15 is 0 Å². The van der Waals surface area contributed by atoms with Crippen molar-refractivity contribution in [1.82, 2.24) is 10.1 Å². The van der Waals surface area contributed by atoms with Gasteiger partial charge >= 0.3 is 6.01 Å². The van der Waals surface area contributed by atoms with E-state index in [0.717, 1.165) is 51.0 Å². The van der Waals surface area contributed by atoms with Crippen LogP contribution in [0.2, 0.25) is 0 Å². The van der Waals surface area contributed by atoms with Gasteiger partial charge in [0, 0.05) is 25.8 Å². The Morgan fingerprint density at radius 1 is 1.22 bits per heavy atom. The minimum atomic E-state index is -3.16. The van der Waals surface area contributed by atoms with Gasteiger partial charge in [-0.2, -0.15) is 4.98 Å². The second-order valence-electron chi connectivity index (χ2n) is 7.01. The van der Waals surface area contributed by atoms with Gasteiger partial charge in [-0.25, -0.2) is 8.42 Å². The Morgan fingerprint density at radius 3 is 2.52 bits per heavy atom. The molecular formula is C19H27N3O4S. The van der Waals surface area contributed by atoms with E-state index < -0.39 is 9.84 Å². The fraction of sp³-hybridized carbons (Fsp3) is 0.579. The van der Waals surface area contributed by atoms with Crippen LogP contribution in [0.25, 0.3) is 0 Å². The molecule has 1 aliphatic rings. The second-order valence-corrected chi connectivity index (χ2v) is 9.03. The molecule has 0 radical (unpaired) electrons. The average Bonchev–Trinajstić information content (AvgIpc) is 3.15. The van der Waals surface area contributed by atoms with Gasteiger partial charge in [0.2, 0.25) is 0 Å². The molecule has 8 heteroatoms. The summed E-state index contributed by atoms with van der Waals surface area (Å²) in [5.41, 5.74) is 0. The van der Waals surface area contributed by atoms with Crippen LogP contribution in [-0.2, 0) is 16.3 Å². The SMILES string of the molecule is CCc1noc(N2CCC(CCCOc3ccc(S(C)(=O)=O)cc3)CC2)n1. The van der Waals surface area contributed by atoms with Crippen LogP contribution in [0.5, 0.6) is 5.75 Å². The first kappa shape index (κ1) is 19.7. The van der Waals surface area contributed by atoms with Crippen molar-refractivity contribution >= 4 is 15.9 Å². The van der Waals surface area contributed by atoms with Crippen molar-refractivity contribution < 1.29 is 17.7 Å². The third-order valence-electron chi connectivity index (χ3n) is 4.94. The summed E-state index contributed by atoms with van der Waals surface area (Å²) in [6, 6.07) is 7.24. The molecule has 3 rings (SSSR count). The Balaban J connectivity index is 1.36. The van der Waals surface area contributed by atoms with Gasteiger partial charge in [0.1, 0.15) is 5.75 Å². The molecule has 1 aromatic carbocycles. The number of ether oxygens (including phenoxy) is 1. The summed E-state index contributed by atoms with van der Waals surface area (Å²) in [7, 11) is -3.16. The monoisotopic (exact) mass is 393 g/mol. The number of aryl methyl sites for hydroxylation is 1. The van der Waals surface area contributed by atoms with Crippen LogP contribution >= 0.6 is 0 Å². The van der Waals surface area contributed by atoms with Crippen molar-refractivity contribution in [3.63, 3.8) is 0 Å². The van der Waals surface area contributed by atoms with Crippen molar-refractivity contribution in [1.29, 1.82) is 0 Å². The fourth-order valence-electron chi connectivity index (χ4n) is 3.27. The highest BCUT2D eigenvalue weighted by Gasteiger charge is 2.22. The summed E-state index contributed by atoms with van der Waals surface area (Å²) < 4.78 is 34.0. The zero-order valence-corrected chi connectivity index (χ0v) is 16.7. The smallest absolute Gasteiger partial charge is 0.324 e. The maximum absolute atomic E-state index is 11.5. The van der Waals surface area contributed by atoms with Crippen molar-refractivity contribution in [2.24, 2.45) is 5.92 Å². The molecule has 0 atom stereocenters. The Hall–Kier alpha value is -2.09. The highest BCUT2D eigenvalue weighted by atomic mass is 32.2. The first-order chi connectivity index (χ1) is 13.0. The summed E-state index contributed by atoms with van der Waals surface area (Å²) in [6.45, 7) is 4.55. The lowest BCUT2D eigenvalue weighted by Crippen LogP contribution is -2.34. The number of hydrogen-bond acceptors (Lipinski definition) is 7. The summed E-state index contributed by atoms with van der Waals surface area (Å²) in [4.78, 5) is 6.88. The van der Waals surface area contributed by atoms with Gasteiger partial charge in [-0.3, -0.25) is 0 Å². The third kappa shape index (κ3) is 5.45. The van der Waals surface area contributed by atoms with Gasteiger partial charge < -0.3 is 14.2 Å². The number of nitrogens with zero attached hydrogens (tertiary/aromatic N) is 3. The molecule has 0 unspecified atom stereocenters. The summed E-state index contributed by atoms with van der Waals surface area (Å²) in [5, 5.41) is 3.96. The Morgan fingerprint density at radius 2 is 1.93 bits per heavy atom. The van der Waals surface area contributed by atoms with Crippen LogP contribution in [0.1, 0.15) is 38.4 Å². The van der Waals surface area contributed by atoms with E-state index in [9.17, 15) is 8.42 Å². The number of hydrogen-bond donors (Lipinski definition) is 0. The normalized spacial score (nSPS) is 15.9. The molecule has 0 amide bonds. The second kappa shape index (κ2) is 8.73. The number of aromatic nitrogens is 2. The van der Waals surface area contributed by atoms with Crippen LogP contribution in [0.3, 0.4) is 0 Å². The summed E-state index contributed by atoms with van der Waals surface area (Å²) >= 11 is 0. The molecule has 0 saturated carbocycles.